The van der Waals surface area contributed by atoms with Crippen LogP contribution in [0, 0.1) is 6.92 Å². The minimum Gasteiger partial charge on any atom is -0.487 e. The minimum absolute atomic E-state index is 0.0129. The van der Waals surface area contributed by atoms with E-state index >= 15 is 0 Å². The summed E-state index contributed by atoms with van der Waals surface area (Å²) in [6, 6.07) is 10.1. The lowest BCUT2D eigenvalue weighted by atomic mass is 10.0. The van der Waals surface area contributed by atoms with Gasteiger partial charge in [0, 0.05) is 37.2 Å². The average molecular weight is 444 g/mol. The predicted molar refractivity (Wildman–Crippen MR) is 120 cm³/mol. The van der Waals surface area contributed by atoms with Gasteiger partial charge >= 0.3 is 0 Å². The van der Waals surface area contributed by atoms with E-state index in [0.717, 1.165) is 34.6 Å². The Hall–Kier alpha value is -2.45. The van der Waals surface area contributed by atoms with E-state index in [1.165, 1.54) is 0 Å². The summed E-state index contributed by atoms with van der Waals surface area (Å²) in [5.74, 6) is 1.24. The number of rotatable bonds is 7. The third kappa shape index (κ3) is 5.07. The lowest BCUT2D eigenvalue weighted by Crippen LogP contribution is -2.38. The first kappa shape index (κ1) is 21.8. The fourth-order valence-electron chi connectivity index (χ4n) is 4.31. The summed E-state index contributed by atoms with van der Waals surface area (Å²) in [7, 11) is -1.03. The number of carbonyl (C=O) groups is 1. The van der Waals surface area contributed by atoms with Gasteiger partial charge in [-0.05, 0) is 43.7 Å². The van der Waals surface area contributed by atoms with Crippen LogP contribution >= 0.6 is 0 Å². The predicted octanol–water partition coefficient (Wildman–Crippen LogP) is 1.99. The van der Waals surface area contributed by atoms with Crippen molar-refractivity contribution in [1.82, 2.24) is 15.2 Å². The lowest BCUT2D eigenvalue weighted by molar-refractivity contribution is -0.121. The topological polar surface area (TPSA) is 88.6 Å². The van der Waals surface area contributed by atoms with E-state index < -0.39 is 9.84 Å². The normalized spacial score (nSPS) is 21.6. The minimum atomic E-state index is -2.92. The third-order valence-electron chi connectivity index (χ3n) is 6.14. The Balaban J connectivity index is 1.29. The van der Waals surface area contributed by atoms with E-state index in [4.69, 9.17) is 4.74 Å². The second-order valence-corrected chi connectivity index (χ2v) is 10.7. The van der Waals surface area contributed by atoms with E-state index in [1.54, 1.807) is 6.20 Å². The van der Waals surface area contributed by atoms with Crippen LogP contribution in [0.15, 0.2) is 36.5 Å². The SMILES string of the molecule is Cc1cccnc1-c1cccc2c1OC(CNC(=O)CCN(C)C1CCS(=O)(=O)C1)C2. The number of pyridine rings is 1. The van der Waals surface area contributed by atoms with Gasteiger partial charge in [0.05, 0.1) is 23.7 Å². The van der Waals surface area contributed by atoms with Gasteiger partial charge in [-0.1, -0.05) is 18.2 Å². The zero-order valence-electron chi connectivity index (χ0n) is 18.0. The van der Waals surface area contributed by atoms with Gasteiger partial charge in [0.15, 0.2) is 9.84 Å². The molecular weight excluding hydrogens is 414 g/mol. The van der Waals surface area contributed by atoms with Crippen molar-refractivity contribution in [3.05, 3.63) is 47.7 Å². The molecule has 1 amide bonds. The Labute approximate surface area is 183 Å². The van der Waals surface area contributed by atoms with Gasteiger partial charge in [-0.3, -0.25) is 9.78 Å². The van der Waals surface area contributed by atoms with Gasteiger partial charge in [-0.25, -0.2) is 8.42 Å². The van der Waals surface area contributed by atoms with Crippen molar-refractivity contribution in [2.75, 3.05) is 31.6 Å². The first-order chi connectivity index (χ1) is 14.8. The van der Waals surface area contributed by atoms with E-state index in [9.17, 15) is 13.2 Å². The molecule has 1 N–H and O–H groups in total. The van der Waals surface area contributed by atoms with Crippen molar-refractivity contribution in [1.29, 1.82) is 0 Å². The molecule has 0 spiro atoms. The number of sulfone groups is 1. The zero-order chi connectivity index (χ0) is 22.0. The summed E-state index contributed by atoms with van der Waals surface area (Å²) in [6.45, 7) is 3.02. The Bertz CT molecular complexity index is 1070. The highest BCUT2D eigenvalue weighted by atomic mass is 32.2. The van der Waals surface area contributed by atoms with Crippen LogP contribution in [0.1, 0.15) is 24.0 Å². The van der Waals surface area contributed by atoms with Crippen molar-refractivity contribution in [2.45, 2.75) is 38.3 Å². The number of aromatic nitrogens is 1. The van der Waals surface area contributed by atoms with Gasteiger partial charge in [0.25, 0.3) is 0 Å². The number of hydrogen-bond donors (Lipinski definition) is 1. The zero-order valence-corrected chi connectivity index (χ0v) is 18.8. The summed E-state index contributed by atoms with van der Waals surface area (Å²) in [5.41, 5.74) is 4.12. The van der Waals surface area contributed by atoms with Crippen LogP contribution in [0.2, 0.25) is 0 Å². The molecule has 2 aliphatic rings. The third-order valence-corrected chi connectivity index (χ3v) is 7.89. The maximum Gasteiger partial charge on any atom is 0.221 e. The maximum atomic E-state index is 12.3. The molecular formula is C23H29N3O4S. The van der Waals surface area contributed by atoms with Crippen molar-refractivity contribution in [3.8, 4) is 17.0 Å². The van der Waals surface area contributed by atoms with Gasteiger partial charge in [0.1, 0.15) is 11.9 Å². The number of ether oxygens (including phenoxy) is 1. The summed E-state index contributed by atoms with van der Waals surface area (Å²) < 4.78 is 29.5. The van der Waals surface area contributed by atoms with Crippen molar-refractivity contribution < 1.29 is 17.9 Å². The molecule has 3 heterocycles. The molecule has 2 aromatic rings. The van der Waals surface area contributed by atoms with Crippen LogP contribution < -0.4 is 10.1 Å². The number of benzene rings is 1. The lowest BCUT2D eigenvalue weighted by Gasteiger charge is -2.22. The van der Waals surface area contributed by atoms with Crippen LogP contribution in [0.5, 0.6) is 5.75 Å². The Kier molecular flexibility index (Phi) is 6.29. The second-order valence-electron chi connectivity index (χ2n) is 8.50. The van der Waals surface area contributed by atoms with Gasteiger partial charge in [-0.15, -0.1) is 0 Å². The molecule has 1 fully saturated rings. The average Bonchev–Trinajstić information content (AvgIpc) is 3.33. The summed E-state index contributed by atoms with van der Waals surface area (Å²) in [6.07, 6.45) is 3.40. The fraction of sp³-hybridized carbons (Fsp3) is 0.478. The second kappa shape index (κ2) is 8.96. The number of nitrogens with zero attached hydrogens (tertiary/aromatic N) is 2. The van der Waals surface area contributed by atoms with Gasteiger partial charge < -0.3 is 15.0 Å². The smallest absolute Gasteiger partial charge is 0.221 e. The Morgan fingerprint density at radius 1 is 1.29 bits per heavy atom. The molecule has 1 aromatic heterocycles. The standard InChI is InChI=1S/C23H29N3O4S/c1-16-5-4-10-24-22(16)20-7-3-6-17-13-19(30-23(17)20)14-25-21(27)8-11-26(2)18-9-12-31(28,29)15-18/h3-7,10,18-19H,8-9,11-15H2,1-2H3,(H,25,27). The van der Waals surface area contributed by atoms with Crippen molar-refractivity contribution in [3.63, 3.8) is 0 Å². The van der Waals surface area contributed by atoms with E-state index in [0.29, 0.717) is 25.9 Å². The monoisotopic (exact) mass is 443 g/mol. The van der Waals surface area contributed by atoms with Gasteiger partial charge in [-0.2, -0.15) is 0 Å². The largest absolute Gasteiger partial charge is 0.487 e. The molecule has 0 bridgehead atoms. The number of para-hydroxylation sites is 1. The number of nitrogens with one attached hydrogen (secondary N) is 1. The molecule has 7 nitrogen and oxygen atoms in total. The van der Waals surface area contributed by atoms with Gasteiger partial charge in [0.2, 0.25) is 5.91 Å². The number of aryl methyl sites for hydroxylation is 1. The number of fused-ring (bicyclic) bond motifs is 1. The molecule has 1 aromatic carbocycles. The van der Waals surface area contributed by atoms with E-state index in [-0.39, 0.29) is 29.6 Å². The number of amides is 1. The molecule has 2 atom stereocenters. The van der Waals surface area contributed by atoms with Crippen LogP contribution in [0.3, 0.4) is 0 Å². The highest BCUT2D eigenvalue weighted by Gasteiger charge is 2.31. The molecule has 166 valence electrons. The van der Waals surface area contributed by atoms with Crippen molar-refractivity contribution >= 4 is 15.7 Å². The maximum absolute atomic E-state index is 12.3. The quantitative estimate of drug-likeness (QED) is 0.704. The van der Waals surface area contributed by atoms with Crippen LogP contribution in [-0.2, 0) is 21.1 Å². The van der Waals surface area contributed by atoms with E-state index in [2.05, 4.69) is 16.4 Å². The molecule has 1 saturated heterocycles. The molecule has 2 unspecified atom stereocenters. The number of hydrogen-bond acceptors (Lipinski definition) is 6. The van der Waals surface area contributed by atoms with E-state index in [1.807, 2.05) is 43.1 Å². The fourth-order valence-corrected chi connectivity index (χ4v) is 6.11. The Morgan fingerprint density at radius 3 is 2.87 bits per heavy atom. The van der Waals surface area contributed by atoms with Crippen molar-refractivity contribution in [2.24, 2.45) is 0 Å². The number of carbonyl (C=O) groups excluding carboxylic acids is 1. The summed E-state index contributed by atoms with van der Waals surface area (Å²) in [5, 5.41) is 2.97. The Morgan fingerprint density at radius 2 is 2.13 bits per heavy atom. The molecule has 0 saturated carbocycles. The first-order valence-electron chi connectivity index (χ1n) is 10.7. The van der Waals surface area contributed by atoms with Crippen LogP contribution in [0.4, 0.5) is 0 Å². The molecule has 8 heteroatoms. The molecule has 4 rings (SSSR count). The molecule has 31 heavy (non-hydrogen) atoms. The highest BCUT2D eigenvalue weighted by Crippen LogP contribution is 2.38. The molecule has 2 aliphatic heterocycles. The highest BCUT2D eigenvalue weighted by molar-refractivity contribution is 7.91. The summed E-state index contributed by atoms with van der Waals surface area (Å²) >= 11 is 0. The first-order valence-corrected chi connectivity index (χ1v) is 12.5. The van der Waals surface area contributed by atoms with Crippen LogP contribution in [0.25, 0.3) is 11.3 Å². The molecule has 0 aliphatic carbocycles. The molecule has 0 radical (unpaired) electrons. The summed E-state index contributed by atoms with van der Waals surface area (Å²) in [4.78, 5) is 18.8. The van der Waals surface area contributed by atoms with Crippen LogP contribution in [-0.4, -0.2) is 68.0 Å².